The molecular formula is C26H31N3O4S. The lowest BCUT2D eigenvalue weighted by molar-refractivity contribution is 0.0942. The molecule has 0 saturated heterocycles. The smallest absolute Gasteiger partial charge is 0.264 e. The monoisotopic (exact) mass is 481 g/mol. The molecule has 3 aromatic rings. The van der Waals surface area contributed by atoms with Gasteiger partial charge in [0.05, 0.1) is 23.7 Å². The van der Waals surface area contributed by atoms with E-state index in [4.69, 9.17) is 4.74 Å². The first kappa shape index (κ1) is 25.3. The van der Waals surface area contributed by atoms with Crippen LogP contribution in [0.15, 0.2) is 77.7 Å². The van der Waals surface area contributed by atoms with Crippen LogP contribution in [0.4, 0.5) is 5.69 Å². The van der Waals surface area contributed by atoms with Crippen LogP contribution < -0.4 is 14.4 Å². The molecule has 3 rings (SSSR count). The predicted molar refractivity (Wildman–Crippen MR) is 135 cm³/mol. The zero-order valence-corrected chi connectivity index (χ0v) is 21.0. The number of carbonyl (C=O) groups excluding carboxylic acids is 1. The van der Waals surface area contributed by atoms with E-state index in [9.17, 15) is 13.2 Å². The topological polar surface area (TPSA) is 79.0 Å². The van der Waals surface area contributed by atoms with Crippen molar-refractivity contribution in [3.63, 3.8) is 0 Å². The fraction of sp³-hybridized carbons (Fsp3) is 0.269. The molecule has 7 nitrogen and oxygen atoms in total. The second kappa shape index (κ2) is 10.7. The number of methoxy groups -OCH3 is 1. The lowest BCUT2D eigenvalue weighted by Crippen LogP contribution is -2.34. The quantitative estimate of drug-likeness (QED) is 0.502. The number of nitrogens with zero attached hydrogens (tertiary/aromatic N) is 2. The first-order valence-corrected chi connectivity index (χ1v) is 12.3. The van der Waals surface area contributed by atoms with Gasteiger partial charge in [-0.15, -0.1) is 0 Å². The number of anilines is 1. The third-order valence-electron chi connectivity index (χ3n) is 5.75. The van der Waals surface area contributed by atoms with E-state index in [0.717, 1.165) is 16.9 Å². The summed E-state index contributed by atoms with van der Waals surface area (Å²) in [5, 5.41) is 2.97. The Bertz CT molecular complexity index is 1210. The fourth-order valence-electron chi connectivity index (χ4n) is 3.55. The van der Waals surface area contributed by atoms with Crippen LogP contribution >= 0.6 is 0 Å². The number of carbonyl (C=O) groups is 1. The average molecular weight is 482 g/mol. The summed E-state index contributed by atoms with van der Waals surface area (Å²) in [6.45, 7) is 2.32. The summed E-state index contributed by atoms with van der Waals surface area (Å²) < 4.78 is 32.3. The van der Waals surface area contributed by atoms with Gasteiger partial charge in [0.25, 0.3) is 15.9 Å². The predicted octanol–water partition coefficient (Wildman–Crippen LogP) is 3.86. The van der Waals surface area contributed by atoms with E-state index in [1.54, 1.807) is 55.6 Å². The summed E-state index contributed by atoms with van der Waals surface area (Å²) in [6.07, 6.45) is 0. The van der Waals surface area contributed by atoms with Crippen LogP contribution in [0.1, 0.15) is 27.5 Å². The number of sulfonamides is 1. The molecule has 0 radical (unpaired) electrons. The van der Waals surface area contributed by atoms with Crippen molar-refractivity contribution in [2.75, 3.05) is 39.1 Å². The molecule has 0 aliphatic heterocycles. The second-order valence-corrected chi connectivity index (χ2v) is 10.3. The molecule has 0 fully saturated rings. The Labute approximate surface area is 202 Å². The van der Waals surface area contributed by atoms with Gasteiger partial charge in [-0.25, -0.2) is 8.42 Å². The van der Waals surface area contributed by atoms with Crippen molar-refractivity contribution in [1.82, 2.24) is 10.2 Å². The summed E-state index contributed by atoms with van der Waals surface area (Å²) in [5.41, 5.74) is 2.98. The van der Waals surface area contributed by atoms with E-state index in [2.05, 4.69) is 5.32 Å². The lowest BCUT2D eigenvalue weighted by Gasteiger charge is -2.25. The number of rotatable bonds is 9. The number of hydrogen-bond acceptors (Lipinski definition) is 5. The van der Waals surface area contributed by atoms with Gasteiger partial charge in [-0.05, 0) is 75.1 Å². The van der Waals surface area contributed by atoms with E-state index < -0.39 is 10.0 Å². The highest BCUT2D eigenvalue weighted by Crippen LogP contribution is 2.23. The molecule has 0 aromatic heterocycles. The van der Waals surface area contributed by atoms with Gasteiger partial charge in [-0.2, -0.15) is 0 Å². The average Bonchev–Trinajstić information content (AvgIpc) is 2.84. The van der Waals surface area contributed by atoms with Gasteiger partial charge in [0, 0.05) is 19.2 Å². The molecule has 0 saturated carbocycles. The first-order valence-electron chi connectivity index (χ1n) is 10.9. The Balaban J connectivity index is 1.68. The maximum Gasteiger partial charge on any atom is 0.264 e. The van der Waals surface area contributed by atoms with Crippen LogP contribution in [0.5, 0.6) is 5.75 Å². The molecule has 0 bridgehead atoms. The number of likely N-dealkylation sites (N-methyl/N-ethyl adjacent to an activating group) is 1. The standard InChI is InChI=1S/C26H31N3O4S/c1-19-6-16-24(17-7-19)34(31,32)29(4)22-12-8-21(9-13-22)26(30)27-18-25(28(2)3)20-10-14-23(33-5)15-11-20/h6-17,25H,18H2,1-5H3,(H,27,30). The van der Waals surface area contributed by atoms with Crippen molar-refractivity contribution in [1.29, 1.82) is 0 Å². The normalized spacial score (nSPS) is 12.3. The van der Waals surface area contributed by atoms with Gasteiger partial charge in [0.2, 0.25) is 0 Å². The number of amides is 1. The van der Waals surface area contributed by atoms with E-state index in [-0.39, 0.29) is 16.8 Å². The van der Waals surface area contributed by atoms with Gasteiger partial charge < -0.3 is 15.0 Å². The Morgan fingerprint density at radius 2 is 1.50 bits per heavy atom. The summed E-state index contributed by atoms with van der Waals surface area (Å²) in [7, 11) is 3.35. The van der Waals surface area contributed by atoms with Gasteiger partial charge in [-0.1, -0.05) is 29.8 Å². The molecule has 0 aliphatic carbocycles. The largest absolute Gasteiger partial charge is 0.497 e. The molecule has 3 aromatic carbocycles. The Morgan fingerprint density at radius 1 is 0.912 bits per heavy atom. The minimum Gasteiger partial charge on any atom is -0.497 e. The maximum absolute atomic E-state index is 12.9. The Kier molecular flexibility index (Phi) is 7.96. The second-order valence-electron chi connectivity index (χ2n) is 8.30. The molecule has 1 atom stereocenters. The number of benzene rings is 3. The van der Waals surface area contributed by atoms with Crippen LogP contribution in [0.25, 0.3) is 0 Å². The van der Waals surface area contributed by atoms with E-state index in [0.29, 0.717) is 17.8 Å². The molecule has 34 heavy (non-hydrogen) atoms. The minimum atomic E-state index is -3.69. The zero-order chi connectivity index (χ0) is 24.9. The first-order chi connectivity index (χ1) is 16.1. The Morgan fingerprint density at radius 3 is 2.03 bits per heavy atom. The lowest BCUT2D eigenvalue weighted by atomic mass is 10.1. The van der Waals surface area contributed by atoms with Crippen molar-refractivity contribution in [2.45, 2.75) is 17.9 Å². The highest BCUT2D eigenvalue weighted by atomic mass is 32.2. The van der Waals surface area contributed by atoms with E-state index >= 15 is 0 Å². The van der Waals surface area contributed by atoms with E-state index in [1.807, 2.05) is 50.2 Å². The van der Waals surface area contributed by atoms with Gasteiger partial charge in [-0.3, -0.25) is 9.10 Å². The highest BCUT2D eigenvalue weighted by molar-refractivity contribution is 7.92. The van der Waals surface area contributed by atoms with Gasteiger partial charge in [0.15, 0.2) is 0 Å². The third-order valence-corrected chi connectivity index (χ3v) is 7.55. The van der Waals surface area contributed by atoms with Crippen LogP contribution in [-0.4, -0.2) is 54.0 Å². The van der Waals surface area contributed by atoms with Crippen molar-refractivity contribution in [3.05, 3.63) is 89.5 Å². The molecule has 180 valence electrons. The molecule has 8 heteroatoms. The molecule has 0 heterocycles. The number of hydrogen-bond donors (Lipinski definition) is 1. The minimum absolute atomic E-state index is 0.0140. The van der Waals surface area contributed by atoms with E-state index in [1.165, 1.54) is 11.4 Å². The highest BCUT2D eigenvalue weighted by Gasteiger charge is 2.22. The van der Waals surface area contributed by atoms with Gasteiger partial charge in [0.1, 0.15) is 5.75 Å². The number of ether oxygens (including phenoxy) is 1. The van der Waals surface area contributed by atoms with Crippen LogP contribution in [0.3, 0.4) is 0 Å². The van der Waals surface area contributed by atoms with Crippen molar-refractivity contribution in [2.24, 2.45) is 0 Å². The maximum atomic E-state index is 12.9. The molecule has 1 unspecified atom stereocenters. The summed E-state index contributed by atoms with van der Waals surface area (Å²) >= 11 is 0. The van der Waals surface area contributed by atoms with Crippen LogP contribution in [0, 0.1) is 6.92 Å². The molecule has 1 N–H and O–H groups in total. The van der Waals surface area contributed by atoms with Crippen LogP contribution in [-0.2, 0) is 10.0 Å². The number of aryl methyl sites for hydroxylation is 1. The fourth-order valence-corrected chi connectivity index (χ4v) is 4.74. The summed E-state index contributed by atoms with van der Waals surface area (Å²) in [6, 6.07) is 21.0. The zero-order valence-electron chi connectivity index (χ0n) is 20.1. The van der Waals surface area contributed by atoms with Gasteiger partial charge >= 0.3 is 0 Å². The van der Waals surface area contributed by atoms with Crippen molar-refractivity contribution >= 4 is 21.6 Å². The Hall–Kier alpha value is -3.36. The number of nitrogens with one attached hydrogen (secondary N) is 1. The van der Waals surface area contributed by atoms with Crippen LogP contribution in [0.2, 0.25) is 0 Å². The summed E-state index contributed by atoms with van der Waals surface area (Å²) in [4.78, 5) is 15.0. The molecular weight excluding hydrogens is 450 g/mol. The SMILES string of the molecule is COc1ccc(C(CNC(=O)c2ccc(N(C)S(=O)(=O)c3ccc(C)cc3)cc2)N(C)C)cc1. The van der Waals surface area contributed by atoms with Crippen molar-refractivity contribution in [3.8, 4) is 5.75 Å². The molecule has 0 spiro atoms. The molecule has 0 aliphatic rings. The third kappa shape index (κ3) is 5.76. The van der Waals surface area contributed by atoms with Crippen molar-refractivity contribution < 1.29 is 17.9 Å². The summed E-state index contributed by atoms with van der Waals surface area (Å²) in [5.74, 6) is 0.552. The molecule has 1 amide bonds.